The van der Waals surface area contributed by atoms with E-state index >= 15 is 0 Å². The molecule has 0 spiro atoms. The summed E-state index contributed by atoms with van der Waals surface area (Å²) in [6.07, 6.45) is 15.4. The van der Waals surface area contributed by atoms with Gasteiger partial charge in [-0.25, -0.2) is 0 Å². The van der Waals surface area contributed by atoms with Crippen molar-refractivity contribution in [3.05, 3.63) is 0 Å². The van der Waals surface area contributed by atoms with Crippen molar-refractivity contribution in [2.45, 2.75) is 83.1 Å². The quantitative estimate of drug-likeness (QED) is 0.257. The maximum Gasteiger partial charge on any atom is 0.225 e. The lowest BCUT2D eigenvalue weighted by Crippen LogP contribution is -2.45. The van der Waals surface area contributed by atoms with Crippen molar-refractivity contribution < 1.29 is 4.79 Å². The third kappa shape index (κ3) is 7.09. The van der Waals surface area contributed by atoms with E-state index in [0.29, 0.717) is 17.9 Å². The number of rotatable bonds is 6. The van der Waals surface area contributed by atoms with E-state index in [1.165, 1.54) is 57.8 Å². The first-order chi connectivity index (χ1) is 12.8. The van der Waals surface area contributed by atoms with Crippen molar-refractivity contribution in [1.29, 1.82) is 0 Å². The average molecular weight is 490 g/mol. The maximum atomic E-state index is 12.6. The molecular weight excluding hydrogens is 451 g/mol. The minimum atomic E-state index is 0. The first-order valence-corrected chi connectivity index (χ1v) is 11.0. The fourth-order valence-corrected chi connectivity index (χ4v) is 4.97. The van der Waals surface area contributed by atoms with Crippen molar-refractivity contribution in [2.24, 2.45) is 16.8 Å². The number of carbonyl (C=O) groups excluding carboxylic acids is 1. The molecule has 1 aliphatic heterocycles. The van der Waals surface area contributed by atoms with Gasteiger partial charge in [0.2, 0.25) is 5.91 Å². The molecule has 0 aromatic carbocycles. The van der Waals surface area contributed by atoms with Crippen LogP contribution in [0.4, 0.5) is 0 Å². The van der Waals surface area contributed by atoms with Gasteiger partial charge in [-0.2, -0.15) is 0 Å². The molecule has 27 heavy (non-hydrogen) atoms. The maximum absolute atomic E-state index is 12.6. The number of amides is 1. The van der Waals surface area contributed by atoms with E-state index in [2.05, 4.69) is 20.5 Å². The van der Waals surface area contributed by atoms with Crippen LogP contribution in [0.5, 0.6) is 0 Å². The van der Waals surface area contributed by atoms with E-state index in [-0.39, 0.29) is 24.0 Å². The fourth-order valence-electron chi connectivity index (χ4n) is 4.97. The van der Waals surface area contributed by atoms with E-state index < -0.39 is 0 Å². The lowest BCUT2D eigenvalue weighted by atomic mass is 9.86. The fraction of sp³-hybridized carbons (Fsp3) is 0.905. The van der Waals surface area contributed by atoms with Crippen LogP contribution in [0, 0.1) is 11.8 Å². The molecule has 1 amide bonds. The Hall–Kier alpha value is -0.530. The molecule has 1 unspecified atom stereocenters. The molecule has 3 fully saturated rings. The Kier molecular flexibility index (Phi) is 10.2. The van der Waals surface area contributed by atoms with E-state index in [4.69, 9.17) is 0 Å². The molecule has 1 saturated heterocycles. The first-order valence-electron chi connectivity index (χ1n) is 11.0. The third-order valence-electron chi connectivity index (χ3n) is 6.58. The lowest BCUT2D eigenvalue weighted by molar-refractivity contribution is -0.134. The Bertz CT molecular complexity index is 473. The molecule has 2 aliphatic carbocycles. The average Bonchev–Trinajstić information content (AvgIpc) is 3.36. The summed E-state index contributed by atoms with van der Waals surface area (Å²) in [7, 11) is 1.84. The summed E-state index contributed by atoms with van der Waals surface area (Å²) in [5, 5.41) is 7.00. The number of likely N-dealkylation sites (tertiary alicyclic amines) is 1. The van der Waals surface area contributed by atoms with E-state index in [0.717, 1.165) is 50.8 Å². The number of guanidine groups is 1. The monoisotopic (exact) mass is 490 g/mol. The Morgan fingerprint density at radius 3 is 2.44 bits per heavy atom. The van der Waals surface area contributed by atoms with E-state index in [1.807, 2.05) is 7.05 Å². The summed E-state index contributed by atoms with van der Waals surface area (Å²) < 4.78 is 0. The number of carbonyl (C=O) groups is 1. The van der Waals surface area contributed by atoms with Crippen LogP contribution in [0.3, 0.4) is 0 Å². The van der Waals surface area contributed by atoms with Crippen molar-refractivity contribution >= 4 is 35.8 Å². The van der Waals surface area contributed by atoms with Gasteiger partial charge in [0.15, 0.2) is 5.96 Å². The zero-order valence-corrected chi connectivity index (χ0v) is 19.4. The van der Waals surface area contributed by atoms with Crippen molar-refractivity contribution in [3.63, 3.8) is 0 Å². The molecule has 0 bridgehead atoms. The zero-order chi connectivity index (χ0) is 18.2. The lowest BCUT2D eigenvalue weighted by Gasteiger charge is -2.22. The molecule has 0 aromatic heterocycles. The highest BCUT2D eigenvalue weighted by Crippen LogP contribution is 2.28. The first kappa shape index (κ1) is 22.8. The zero-order valence-electron chi connectivity index (χ0n) is 17.0. The molecular formula is C21H39IN4O. The van der Waals surface area contributed by atoms with Gasteiger partial charge in [-0.1, -0.05) is 44.9 Å². The predicted octanol–water partition coefficient (Wildman–Crippen LogP) is 3.92. The Morgan fingerprint density at radius 1 is 1.04 bits per heavy atom. The minimum Gasteiger partial charge on any atom is -0.356 e. The van der Waals surface area contributed by atoms with Gasteiger partial charge in [0.05, 0.1) is 0 Å². The van der Waals surface area contributed by atoms with Crippen molar-refractivity contribution in [2.75, 3.05) is 26.7 Å². The number of halogens is 1. The topological polar surface area (TPSA) is 56.7 Å². The molecule has 156 valence electrons. The van der Waals surface area contributed by atoms with Gasteiger partial charge in [0.25, 0.3) is 0 Å². The summed E-state index contributed by atoms with van der Waals surface area (Å²) >= 11 is 0. The normalized spacial score (nSPS) is 24.7. The van der Waals surface area contributed by atoms with Crippen LogP contribution in [0.25, 0.3) is 0 Å². The molecule has 3 aliphatic rings. The molecule has 6 heteroatoms. The van der Waals surface area contributed by atoms with Crippen LogP contribution >= 0.6 is 24.0 Å². The third-order valence-corrected chi connectivity index (χ3v) is 6.58. The van der Waals surface area contributed by atoms with Crippen molar-refractivity contribution in [1.82, 2.24) is 15.5 Å². The summed E-state index contributed by atoms with van der Waals surface area (Å²) in [5.41, 5.74) is 0. The second-order valence-electron chi connectivity index (χ2n) is 8.54. The minimum absolute atomic E-state index is 0. The number of aliphatic imine (C=N–C) groups is 1. The van der Waals surface area contributed by atoms with Gasteiger partial charge in [-0.3, -0.25) is 9.79 Å². The molecule has 1 atom stereocenters. The standard InChI is InChI=1S/C21H38N4O.HI/c1-22-21(23-14-7-10-17-8-3-2-4-9-17)24-19-13-15-25(16-19)20(26)18-11-5-6-12-18;/h17-19H,2-16H2,1H3,(H2,22,23,24);1H. The van der Waals surface area contributed by atoms with E-state index in [9.17, 15) is 4.79 Å². The Morgan fingerprint density at radius 2 is 1.74 bits per heavy atom. The highest BCUT2D eigenvalue weighted by atomic mass is 127. The van der Waals surface area contributed by atoms with Gasteiger partial charge in [-0.15, -0.1) is 24.0 Å². The van der Waals surface area contributed by atoms with Gasteiger partial charge in [-0.05, 0) is 38.0 Å². The second kappa shape index (κ2) is 12.1. The summed E-state index contributed by atoms with van der Waals surface area (Å²) in [6.45, 7) is 2.72. The molecule has 0 aromatic rings. The molecule has 5 nitrogen and oxygen atoms in total. The predicted molar refractivity (Wildman–Crippen MR) is 123 cm³/mol. The summed E-state index contributed by atoms with van der Waals surface area (Å²) in [4.78, 5) is 19.0. The number of hydrogen-bond acceptors (Lipinski definition) is 2. The van der Waals surface area contributed by atoms with Crippen LogP contribution in [0.2, 0.25) is 0 Å². The van der Waals surface area contributed by atoms with Crippen LogP contribution in [-0.4, -0.2) is 49.5 Å². The number of nitrogens with one attached hydrogen (secondary N) is 2. The molecule has 2 N–H and O–H groups in total. The molecule has 1 heterocycles. The SMILES string of the molecule is CN=C(NCCCC1CCCCC1)NC1CCN(C(=O)C2CCCC2)C1.I. The summed E-state index contributed by atoms with van der Waals surface area (Å²) in [5.74, 6) is 2.53. The van der Waals surface area contributed by atoms with Gasteiger partial charge >= 0.3 is 0 Å². The van der Waals surface area contributed by atoms with Gasteiger partial charge in [0.1, 0.15) is 0 Å². The van der Waals surface area contributed by atoms with Gasteiger partial charge in [0, 0.05) is 38.6 Å². The van der Waals surface area contributed by atoms with E-state index in [1.54, 1.807) is 0 Å². The Labute approximate surface area is 182 Å². The number of hydrogen-bond donors (Lipinski definition) is 2. The van der Waals surface area contributed by atoms with Crippen LogP contribution in [0.1, 0.15) is 77.0 Å². The smallest absolute Gasteiger partial charge is 0.225 e. The van der Waals surface area contributed by atoms with Crippen LogP contribution in [-0.2, 0) is 4.79 Å². The molecule has 2 saturated carbocycles. The highest BCUT2D eigenvalue weighted by molar-refractivity contribution is 14.0. The second-order valence-corrected chi connectivity index (χ2v) is 8.54. The summed E-state index contributed by atoms with van der Waals surface area (Å²) in [6, 6.07) is 0.338. The van der Waals surface area contributed by atoms with Crippen LogP contribution in [0.15, 0.2) is 4.99 Å². The number of nitrogens with zero attached hydrogens (tertiary/aromatic N) is 2. The van der Waals surface area contributed by atoms with Gasteiger partial charge < -0.3 is 15.5 Å². The largest absolute Gasteiger partial charge is 0.356 e. The Balaban J connectivity index is 0.00000261. The van der Waals surface area contributed by atoms with Crippen LogP contribution < -0.4 is 10.6 Å². The molecule has 0 radical (unpaired) electrons. The highest BCUT2D eigenvalue weighted by Gasteiger charge is 2.32. The molecule has 3 rings (SSSR count). The van der Waals surface area contributed by atoms with Crippen molar-refractivity contribution in [3.8, 4) is 0 Å².